The Morgan fingerprint density at radius 3 is 2.71 bits per heavy atom. The van der Waals surface area contributed by atoms with E-state index in [2.05, 4.69) is 10.3 Å². The van der Waals surface area contributed by atoms with Crippen LogP contribution in [0.2, 0.25) is 5.15 Å². The highest BCUT2D eigenvalue weighted by molar-refractivity contribution is 7.90. The van der Waals surface area contributed by atoms with Crippen molar-refractivity contribution >= 4 is 27.3 Å². The number of hydrogen-bond acceptors (Lipinski definition) is 4. The molecule has 7 heteroatoms. The molecule has 0 aliphatic rings. The third kappa shape index (κ3) is 5.14. The number of carbonyl (C=O) groups is 1. The van der Waals surface area contributed by atoms with Gasteiger partial charge in [0.2, 0.25) is 0 Å². The summed E-state index contributed by atoms with van der Waals surface area (Å²) in [7, 11) is -3.12. The maximum atomic E-state index is 11.7. The van der Waals surface area contributed by atoms with Crippen molar-refractivity contribution in [2.75, 3.05) is 12.0 Å². The smallest absolute Gasteiger partial charge is 0.270 e. The molecule has 1 N–H and O–H groups in total. The molecule has 0 spiro atoms. The standard InChI is InChI=1S/C10H13ClN2O3S/c1-7(6-17(2,15)16)12-10(14)8-4-3-5-9(11)13-8/h3-5,7H,6H2,1-2H3,(H,12,14). The Morgan fingerprint density at radius 2 is 2.18 bits per heavy atom. The third-order valence-corrected chi connectivity index (χ3v) is 3.19. The van der Waals surface area contributed by atoms with Crippen LogP contribution in [0.3, 0.4) is 0 Å². The van der Waals surface area contributed by atoms with E-state index in [-0.39, 0.29) is 16.6 Å². The molecule has 0 saturated carbocycles. The molecule has 0 fully saturated rings. The number of carbonyl (C=O) groups excluding carboxylic acids is 1. The van der Waals surface area contributed by atoms with Crippen LogP contribution in [0.25, 0.3) is 0 Å². The molecule has 0 saturated heterocycles. The lowest BCUT2D eigenvalue weighted by molar-refractivity contribution is 0.0938. The first-order valence-corrected chi connectivity index (χ1v) is 7.33. The number of nitrogens with zero attached hydrogens (tertiary/aromatic N) is 1. The number of aromatic nitrogens is 1. The van der Waals surface area contributed by atoms with E-state index in [9.17, 15) is 13.2 Å². The van der Waals surface area contributed by atoms with E-state index in [0.29, 0.717) is 0 Å². The van der Waals surface area contributed by atoms with Gasteiger partial charge >= 0.3 is 0 Å². The molecule has 1 aromatic heterocycles. The zero-order valence-corrected chi connectivity index (χ0v) is 11.0. The van der Waals surface area contributed by atoms with E-state index >= 15 is 0 Å². The second kappa shape index (κ2) is 5.46. The van der Waals surface area contributed by atoms with Crippen molar-refractivity contribution in [2.45, 2.75) is 13.0 Å². The Bertz CT molecular complexity index is 516. The summed E-state index contributed by atoms with van der Waals surface area (Å²) in [5.74, 6) is -0.553. The average Bonchev–Trinajstić information content (AvgIpc) is 2.14. The van der Waals surface area contributed by atoms with Crippen molar-refractivity contribution in [3.63, 3.8) is 0 Å². The molecule has 0 bridgehead atoms. The van der Waals surface area contributed by atoms with Crippen LogP contribution in [0.5, 0.6) is 0 Å². The molecule has 0 radical (unpaired) electrons. The fourth-order valence-electron chi connectivity index (χ4n) is 1.33. The number of rotatable bonds is 4. The van der Waals surface area contributed by atoms with Crippen molar-refractivity contribution in [3.8, 4) is 0 Å². The predicted octanol–water partition coefficient (Wildman–Crippen LogP) is 0.898. The number of sulfone groups is 1. The third-order valence-electron chi connectivity index (χ3n) is 1.88. The van der Waals surface area contributed by atoms with Crippen LogP contribution < -0.4 is 5.32 Å². The molecule has 0 aliphatic carbocycles. The summed E-state index contributed by atoms with van der Waals surface area (Å²) in [6.07, 6.45) is 1.12. The molecular formula is C10H13ClN2O3S. The van der Waals surface area contributed by atoms with E-state index < -0.39 is 21.8 Å². The first kappa shape index (κ1) is 13.9. The van der Waals surface area contributed by atoms with E-state index in [0.717, 1.165) is 6.26 Å². The van der Waals surface area contributed by atoms with Crippen molar-refractivity contribution in [3.05, 3.63) is 29.0 Å². The minimum absolute atomic E-state index is 0.112. The number of amides is 1. The highest BCUT2D eigenvalue weighted by Crippen LogP contribution is 2.05. The van der Waals surface area contributed by atoms with Crippen LogP contribution in [0.15, 0.2) is 18.2 Å². The number of hydrogen-bond donors (Lipinski definition) is 1. The fourth-order valence-corrected chi connectivity index (χ4v) is 2.48. The van der Waals surface area contributed by atoms with Crippen LogP contribution in [0.1, 0.15) is 17.4 Å². The van der Waals surface area contributed by atoms with Gasteiger partial charge in [-0.3, -0.25) is 4.79 Å². The van der Waals surface area contributed by atoms with Gasteiger partial charge < -0.3 is 5.32 Å². The average molecular weight is 277 g/mol. The van der Waals surface area contributed by atoms with Crippen molar-refractivity contribution in [1.29, 1.82) is 0 Å². The Kier molecular flexibility index (Phi) is 4.47. The van der Waals surface area contributed by atoms with Gasteiger partial charge in [0.05, 0.1) is 5.75 Å². The summed E-state index contributed by atoms with van der Waals surface area (Å²) in [6.45, 7) is 1.61. The van der Waals surface area contributed by atoms with E-state index in [1.807, 2.05) is 0 Å². The zero-order chi connectivity index (χ0) is 13.1. The number of pyridine rings is 1. The lowest BCUT2D eigenvalue weighted by atomic mass is 10.3. The minimum atomic E-state index is -3.12. The maximum absolute atomic E-state index is 11.7. The molecule has 5 nitrogen and oxygen atoms in total. The SMILES string of the molecule is CC(CS(C)(=O)=O)NC(=O)c1cccc(Cl)n1. The highest BCUT2D eigenvalue weighted by Gasteiger charge is 2.15. The van der Waals surface area contributed by atoms with Crippen molar-refractivity contribution < 1.29 is 13.2 Å². The Morgan fingerprint density at radius 1 is 1.53 bits per heavy atom. The zero-order valence-electron chi connectivity index (χ0n) is 9.47. The lowest BCUT2D eigenvalue weighted by Gasteiger charge is -2.12. The molecule has 1 heterocycles. The summed E-state index contributed by atoms with van der Waals surface area (Å²) in [5.41, 5.74) is 0.165. The highest BCUT2D eigenvalue weighted by atomic mass is 35.5. The lowest BCUT2D eigenvalue weighted by Crippen LogP contribution is -2.37. The van der Waals surface area contributed by atoms with Gasteiger partial charge in [-0.05, 0) is 19.1 Å². The van der Waals surface area contributed by atoms with Gasteiger partial charge in [-0.25, -0.2) is 13.4 Å². The molecule has 1 aromatic rings. The molecule has 1 atom stereocenters. The molecular weight excluding hydrogens is 264 g/mol. The fraction of sp³-hybridized carbons (Fsp3) is 0.400. The van der Waals surface area contributed by atoms with Crippen LogP contribution in [0.4, 0.5) is 0 Å². The van der Waals surface area contributed by atoms with Gasteiger partial charge in [0.1, 0.15) is 20.7 Å². The molecule has 0 aromatic carbocycles. The number of halogens is 1. The van der Waals surface area contributed by atoms with Crippen molar-refractivity contribution in [1.82, 2.24) is 10.3 Å². The monoisotopic (exact) mass is 276 g/mol. The quantitative estimate of drug-likeness (QED) is 0.829. The number of nitrogens with one attached hydrogen (secondary N) is 1. The van der Waals surface area contributed by atoms with Gasteiger partial charge in [-0.15, -0.1) is 0 Å². The van der Waals surface area contributed by atoms with Crippen LogP contribution >= 0.6 is 11.6 Å². The van der Waals surface area contributed by atoms with Crippen LogP contribution in [-0.2, 0) is 9.84 Å². The van der Waals surface area contributed by atoms with Crippen molar-refractivity contribution in [2.24, 2.45) is 0 Å². The largest absolute Gasteiger partial charge is 0.347 e. The summed E-state index contributed by atoms with van der Waals surface area (Å²) >= 11 is 5.64. The molecule has 1 amide bonds. The normalized spacial score (nSPS) is 13.1. The summed E-state index contributed by atoms with van der Waals surface area (Å²) in [6, 6.07) is 4.19. The van der Waals surface area contributed by atoms with E-state index in [4.69, 9.17) is 11.6 Å². The van der Waals surface area contributed by atoms with Gasteiger partial charge in [0.25, 0.3) is 5.91 Å². The summed E-state index contributed by atoms with van der Waals surface area (Å²) < 4.78 is 22.1. The Hall–Kier alpha value is -1.14. The van der Waals surface area contributed by atoms with Gasteiger partial charge in [0, 0.05) is 12.3 Å². The van der Waals surface area contributed by atoms with E-state index in [1.54, 1.807) is 19.1 Å². The molecule has 1 rings (SSSR count). The summed E-state index contributed by atoms with van der Waals surface area (Å²) in [5, 5.41) is 2.76. The van der Waals surface area contributed by atoms with E-state index in [1.165, 1.54) is 6.07 Å². The van der Waals surface area contributed by atoms with Gasteiger partial charge in [-0.2, -0.15) is 0 Å². The first-order valence-electron chi connectivity index (χ1n) is 4.89. The van der Waals surface area contributed by atoms with Gasteiger partial charge in [-0.1, -0.05) is 17.7 Å². The molecule has 17 heavy (non-hydrogen) atoms. The minimum Gasteiger partial charge on any atom is -0.347 e. The van der Waals surface area contributed by atoms with Crippen LogP contribution in [-0.4, -0.2) is 37.4 Å². The maximum Gasteiger partial charge on any atom is 0.270 e. The van der Waals surface area contributed by atoms with Crippen LogP contribution in [0, 0.1) is 0 Å². The Labute approximate surface area is 105 Å². The molecule has 0 aliphatic heterocycles. The second-order valence-electron chi connectivity index (χ2n) is 3.81. The Balaban J connectivity index is 2.67. The first-order chi connectivity index (χ1) is 7.78. The van der Waals surface area contributed by atoms with Gasteiger partial charge in [0.15, 0.2) is 0 Å². The predicted molar refractivity (Wildman–Crippen MR) is 65.9 cm³/mol. The second-order valence-corrected chi connectivity index (χ2v) is 6.38. The topological polar surface area (TPSA) is 76.1 Å². The molecule has 1 unspecified atom stereocenters. The summed E-state index contributed by atoms with van der Waals surface area (Å²) in [4.78, 5) is 15.5. The molecule has 94 valence electrons.